The molecule has 1 saturated heterocycles. The number of hydrogen-bond acceptors (Lipinski definition) is 5. The maximum Gasteiger partial charge on any atom is 0.191 e. The third-order valence-electron chi connectivity index (χ3n) is 5.35. The van der Waals surface area contributed by atoms with Crippen molar-refractivity contribution in [3.63, 3.8) is 0 Å². The average molecular weight is 379 g/mol. The highest BCUT2D eigenvalue weighted by Gasteiger charge is 2.15. The highest BCUT2D eigenvalue weighted by Crippen LogP contribution is 2.22. The molecule has 0 spiro atoms. The fourth-order valence-corrected chi connectivity index (χ4v) is 3.46. The molecule has 7 heteroatoms. The molecule has 1 fully saturated rings. The monoisotopic (exact) mass is 378 g/mol. The van der Waals surface area contributed by atoms with E-state index in [0.717, 1.165) is 69.5 Å². The van der Waals surface area contributed by atoms with Gasteiger partial charge >= 0.3 is 0 Å². The number of piperazine rings is 1. The van der Waals surface area contributed by atoms with E-state index in [1.807, 2.05) is 0 Å². The van der Waals surface area contributed by atoms with Crippen molar-refractivity contribution in [1.82, 2.24) is 25.6 Å². The van der Waals surface area contributed by atoms with Crippen LogP contribution in [0.25, 0.3) is 0 Å². The van der Waals surface area contributed by atoms with E-state index >= 15 is 0 Å². The van der Waals surface area contributed by atoms with Gasteiger partial charge in [-0.15, -0.1) is 0 Å². The molecule has 1 aliphatic heterocycles. The second-order valence-corrected chi connectivity index (χ2v) is 7.13. The molecule has 0 amide bonds. The van der Waals surface area contributed by atoms with E-state index in [1.165, 1.54) is 13.1 Å². The van der Waals surface area contributed by atoms with Gasteiger partial charge in [0.05, 0.1) is 5.69 Å². The molecule has 2 heterocycles. The molecule has 0 aliphatic carbocycles. The number of rotatable bonds is 10. The van der Waals surface area contributed by atoms with Crippen LogP contribution < -0.4 is 10.6 Å². The number of likely N-dealkylation sites (N-methyl/N-ethyl adjacent to an activating group) is 1. The van der Waals surface area contributed by atoms with Gasteiger partial charge in [0.25, 0.3) is 0 Å². The summed E-state index contributed by atoms with van der Waals surface area (Å²) in [7, 11) is 0. The number of hydrogen-bond donors (Lipinski definition) is 2. The average Bonchev–Trinajstić information content (AvgIpc) is 3.16. The number of guanidine groups is 1. The van der Waals surface area contributed by atoms with Gasteiger partial charge in [0.2, 0.25) is 0 Å². The van der Waals surface area contributed by atoms with Crippen LogP contribution in [-0.4, -0.2) is 73.3 Å². The van der Waals surface area contributed by atoms with Crippen molar-refractivity contribution < 1.29 is 4.52 Å². The Morgan fingerprint density at radius 2 is 1.81 bits per heavy atom. The lowest BCUT2D eigenvalue weighted by atomic mass is 9.99. The van der Waals surface area contributed by atoms with Gasteiger partial charge in [0.1, 0.15) is 6.54 Å². The van der Waals surface area contributed by atoms with Crippen molar-refractivity contribution in [2.45, 2.75) is 53.0 Å². The summed E-state index contributed by atoms with van der Waals surface area (Å²) in [5.74, 6) is 2.14. The molecular formula is C20H38N6O. The molecule has 2 rings (SSSR count). The number of nitrogens with one attached hydrogen (secondary N) is 2. The van der Waals surface area contributed by atoms with Crippen LogP contribution in [0.2, 0.25) is 0 Å². The van der Waals surface area contributed by atoms with E-state index in [9.17, 15) is 0 Å². The van der Waals surface area contributed by atoms with Crippen LogP contribution in [-0.2, 0) is 6.54 Å². The van der Waals surface area contributed by atoms with Crippen molar-refractivity contribution in [2.75, 3.05) is 52.4 Å². The van der Waals surface area contributed by atoms with Crippen LogP contribution in [0.5, 0.6) is 0 Å². The standard InChI is InChI=1S/C20H38N6O/c1-5-17(6-2)19-15-18(27-24-19)16-23-20(21-7-3)22-9-10-26-13-11-25(8-4)12-14-26/h15,17H,5-14,16H2,1-4H3,(H2,21,22,23). The second-order valence-electron chi connectivity index (χ2n) is 7.13. The minimum Gasteiger partial charge on any atom is -0.359 e. The van der Waals surface area contributed by atoms with Crippen LogP contribution in [0.15, 0.2) is 15.6 Å². The lowest BCUT2D eigenvalue weighted by Crippen LogP contribution is -2.49. The molecule has 0 aromatic carbocycles. The zero-order valence-electron chi connectivity index (χ0n) is 17.6. The summed E-state index contributed by atoms with van der Waals surface area (Å²) >= 11 is 0. The topological polar surface area (TPSA) is 68.9 Å². The largest absolute Gasteiger partial charge is 0.359 e. The summed E-state index contributed by atoms with van der Waals surface area (Å²) in [6.45, 7) is 17.8. The Labute approximate surface area is 164 Å². The molecule has 7 nitrogen and oxygen atoms in total. The van der Waals surface area contributed by atoms with E-state index in [4.69, 9.17) is 4.52 Å². The van der Waals surface area contributed by atoms with Crippen LogP contribution in [0.1, 0.15) is 57.9 Å². The third-order valence-corrected chi connectivity index (χ3v) is 5.35. The lowest BCUT2D eigenvalue weighted by Gasteiger charge is -2.34. The number of nitrogens with zero attached hydrogens (tertiary/aromatic N) is 4. The summed E-state index contributed by atoms with van der Waals surface area (Å²) in [6.07, 6.45) is 2.17. The SMILES string of the molecule is CCNC(=NCc1cc(C(CC)CC)no1)NCCN1CCN(CC)CC1. The van der Waals surface area contributed by atoms with Crippen LogP contribution >= 0.6 is 0 Å². The Morgan fingerprint density at radius 3 is 2.44 bits per heavy atom. The molecule has 1 aliphatic rings. The van der Waals surface area contributed by atoms with Crippen molar-refractivity contribution in [2.24, 2.45) is 4.99 Å². The van der Waals surface area contributed by atoms with Gasteiger partial charge in [0, 0.05) is 57.8 Å². The molecule has 0 radical (unpaired) electrons. The van der Waals surface area contributed by atoms with Crippen molar-refractivity contribution in [3.8, 4) is 0 Å². The van der Waals surface area contributed by atoms with Gasteiger partial charge in [-0.3, -0.25) is 4.90 Å². The maximum atomic E-state index is 5.47. The highest BCUT2D eigenvalue weighted by atomic mass is 16.5. The molecule has 0 atom stereocenters. The highest BCUT2D eigenvalue weighted by molar-refractivity contribution is 5.79. The minimum atomic E-state index is 0.478. The molecule has 0 unspecified atom stereocenters. The Morgan fingerprint density at radius 1 is 1.11 bits per heavy atom. The minimum absolute atomic E-state index is 0.478. The lowest BCUT2D eigenvalue weighted by molar-refractivity contribution is 0.139. The molecule has 0 saturated carbocycles. The van der Waals surface area contributed by atoms with E-state index < -0.39 is 0 Å². The van der Waals surface area contributed by atoms with E-state index in [1.54, 1.807) is 0 Å². The first-order valence-corrected chi connectivity index (χ1v) is 10.6. The fourth-order valence-electron chi connectivity index (χ4n) is 3.46. The van der Waals surface area contributed by atoms with Crippen molar-refractivity contribution in [1.29, 1.82) is 0 Å². The van der Waals surface area contributed by atoms with Gasteiger partial charge in [-0.25, -0.2) is 4.99 Å². The zero-order chi connectivity index (χ0) is 19.5. The first-order valence-electron chi connectivity index (χ1n) is 10.6. The van der Waals surface area contributed by atoms with Gasteiger partial charge in [0.15, 0.2) is 11.7 Å². The summed E-state index contributed by atoms with van der Waals surface area (Å²) in [6, 6.07) is 2.05. The second kappa shape index (κ2) is 12.0. The quantitative estimate of drug-likeness (QED) is 0.481. The Bertz CT molecular complexity index is 546. The Balaban J connectivity index is 1.78. The van der Waals surface area contributed by atoms with E-state index in [2.05, 4.69) is 64.3 Å². The zero-order valence-corrected chi connectivity index (χ0v) is 17.6. The molecule has 1 aromatic rings. The van der Waals surface area contributed by atoms with Crippen LogP contribution in [0.4, 0.5) is 0 Å². The number of aliphatic imine (C=N–C) groups is 1. The van der Waals surface area contributed by atoms with Crippen LogP contribution in [0.3, 0.4) is 0 Å². The van der Waals surface area contributed by atoms with Gasteiger partial charge in [-0.1, -0.05) is 25.9 Å². The van der Waals surface area contributed by atoms with Gasteiger partial charge in [-0.05, 0) is 26.3 Å². The predicted octanol–water partition coefficient (Wildman–Crippen LogP) is 2.27. The Hall–Kier alpha value is -1.60. The smallest absolute Gasteiger partial charge is 0.191 e. The summed E-state index contributed by atoms with van der Waals surface area (Å²) in [5.41, 5.74) is 1.05. The summed E-state index contributed by atoms with van der Waals surface area (Å²) < 4.78 is 5.47. The van der Waals surface area contributed by atoms with Gasteiger partial charge in [-0.2, -0.15) is 0 Å². The first kappa shape index (κ1) is 21.7. The van der Waals surface area contributed by atoms with E-state index in [-0.39, 0.29) is 0 Å². The number of aromatic nitrogens is 1. The molecule has 0 bridgehead atoms. The van der Waals surface area contributed by atoms with Crippen molar-refractivity contribution >= 4 is 5.96 Å². The molecule has 154 valence electrons. The summed E-state index contributed by atoms with van der Waals surface area (Å²) in [5, 5.41) is 11.0. The maximum absolute atomic E-state index is 5.47. The Kier molecular flexibility index (Phi) is 9.62. The fraction of sp³-hybridized carbons (Fsp3) is 0.800. The first-order chi connectivity index (χ1) is 13.2. The predicted molar refractivity (Wildman–Crippen MR) is 111 cm³/mol. The molecule has 1 aromatic heterocycles. The van der Waals surface area contributed by atoms with Gasteiger partial charge < -0.3 is 20.1 Å². The molecular weight excluding hydrogens is 340 g/mol. The summed E-state index contributed by atoms with van der Waals surface area (Å²) in [4.78, 5) is 9.67. The molecule has 27 heavy (non-hydrogen) atoms. The third kappa shape index (κ3) is 7.14. The molecule has 2 N–H and O–H groups in total. The van der Waals surface area contributed by atoms with Crippen LogP contribution in [0, 0.1) is 0 Å². The van der Waals surface area contributed by atoms with Crippen molar-refractivity contribution in [3.05, 3.63) is 17.5 Å². The normalized spacial score (nSPS) is 16.9. The van der Waals surface area contributed by atoms with E-state index in [0.29, 0.717) is 12.5 Å².